The van der Waals surface area contributed by atoms with E-state index in [-0.39, 0.29) is 9.37 Å². The number of benzene rings is 1. The standard InChI is InChI=1S/C11H13BrFNO4S/c1-3-6(2)18-11(15)7-4-10(19(14,16)17)8(12)5-9(7)13/h4-6H,3H2,1-2H3,(H2,14,16,17). The quantitative estimate of drug-likeness (QED) is 0.840. The Morgan fingerprint density at radius 3 is 2.58 bits per heavy atom. The highest BCUT2D eigenvalue weighted by Crippen LogP contribution is 2.25. The summed E-state index contributed by atoms with van der Waals surface area (Å²) in [5.41, 5.74) is -0.465. The second-order valence-electron chi connectivity index (χ2n) is 3.93. The van der Waals surface area contributed by atoms with Crippen LogP contribution in [0, 0.1) is 5.82 Å². The van der Waals surface area contributed by atoms with Crippen LogP contribution in [0.4, 0.5) is 4.39 Å². The number of hydrogen-bond acceptors (Lipinski definition) is 4. The minimum absolute atomic E-state index is 0.0485. The van der Waals surface area contributed by atoms with E-state index in [1.54, 1.807) is 13.8 Å². The number of halogens is 2. The Morgan fingerprint density at radius 2 is 2.11 bits per heavy atom. The van der Waals surface area contributed by atoms with E-state index in [0.29, 0.717) is 6.42 Å². The summed E-state index contributed by atoms with van der Waals surface area (Å²) >= 11 is 2.88. The molecule has 0 aliphatic heterocycles. The molecular weight excluding hydrogens is 341 g/mol. The summed E-state index contributed by atoms with van der Waals surface area (Å²) in [6.45, 7) is 3.45. The zero-order valence-electron chi connectivity index (χ0n) is 10.3. The summed E-state index contributed by atoms with van der Waals surface area (Å²) < 4.78 is 41.1. The molecular formula is C11H13BrFNO4S. The van der Waals surface area contributed by atoms with Crippen molar-refractivity contribution < 1.29 is 22.3 Å². The molecule has 0 heterocycles. The lowest BCUT2D eigenvalue weighted by molar-refractivity contribution is 0.0329. The second kappa shape index (κ2) is 5.98. The lowest BCUT2D eigenvalue weighted by atomic mass is 10.2. The molecule has 106 valence electrons. The number of ether oxygens (including phenoxy) is 1. The lowest BCUT2D eigenvalue weighted by Gasteiger charge is -2.12. The van der Waals surface area contributed by atoms with Crippen LogP contribution in [-0.2, 0) is 14.8 Å². The van der Waals surface area contributed by atoms with Crippen LogP contribution in [0.25, 0.3) is 0 Å². The maximum Gasteiger partial charge on any atom is 0.341 e. The van der Waals surface area contributed by atoms with Gasteiger partial charge in [0.2, 0.25) is 10.0 Å². The summed E-state index contributed by atoms with van der Waals surface area (Å²) in [5.74, 6) is -1.81. The van der Waals surface area contributed by atoms with Crippen molar-refractivity contribution in [2.45, 2.75) is 31.3 Å². The zero-order chi connectivity index (χ0) is 14.8. The Bertz CT molecular complexity index is 603. The first kappa shape index (κ1) is 16.1. The van der Waals surface area contributed by atoms with Crippen molar-refractivity contribution in [3.05, 3.63) is 28.0 Å². The van der Waals surface area contributed by atoms with E-state index >= 15 is 0 Å². The van der Waals surface area contributed by atoms with Crippen LogP contribution >= 0.6 is 15.9 Å². The van der Waals surface area contributed by atoms with Crippen molar-refractivity contribution in [2.24, 2.45) is 5.14 Å². The van der Waals surface area contributed by atoms with Gasteiger partial charge in [-0.15, -0.1) is 0 Å². The van der Waals surface area contributed by atoms with E-state index in [4.69, 9.17) is 9.88 Å². The molecule has 0 saturated carbocycles. The summed E-state index contributed by atoms with van der Waals surface area (Å²) in [4.78, 5) is 11.3. The van der Waals surface area contributed by atoms with Gasteiger partial charge in [-0.2, -0.15) is 0 Å². The first-order valence-electron chi connectivity index (χ1n) is 5.39. The maximum absolute atomic E-state index is 13.7. The van der Waals surface area contributed by atoms with Gasteiger partial charge in [0.05, 0.1) is 16.6 Å². The van der Waals surface area contributed by atoms with E-state index in [2.05, 4.69) is 15.9 Å². The van der Waals surface area contributed by atoms with E-state index in [1.165, 1.54) is 0 Å². The van der Waals surface area contributed by atoms with Crippen molar-refractivity contribution in [3.8, 4) is 0 Å². The molecule has 1 unspecified atom stereocenters. The third-order valence-corrected chi connectivity index (χ3v) is 4.30. The Hall–Kier alpha value is -0.990. The molecule has 1 rings (SSSR count). The van der Waals surface area contributed by atoms with Crippen LogP contribution in [0.3, 0.4) is 0 Å². The van der Waals surface area contributed by atoms with E-state index in [9.17, 15) is 17.6 Å². The van der Waals surface area contributed by atoms with Crippen LogP contribution in [0.2, 0.25) is 0 Å². The van der Waals surface area contributed by atoms with Gasteiger partial charge in [-0.1, -0.05) is 6.92 Å². The van der Waals surface area contributed by atoms with Crippen LogP contribution in [0.1, 0.15) is 30.6 Å². The molecule has 2 N–H and O–H groups in total. The molecule has 8 heteroatoms. The first-order chi connectivity index (χ1) is 8.66. The summed E-state index contributed by atoms with van der Waals surface area (Å²) in [5, 5.41) is 4.97. The van der Waals surface area contributed by atoms with E-state index in [1.807, 2.05) is 0 Å². The molecule has 1 aromatic rings. The van der Waals surface area contributed by atoms with Crippen LogP contribution < -0.4 is 5.14 Å². The van der Waals surface area contributed by atoms with Crippen LogP contribution in [0.5, 0.6) is 0 Å². The lowest BCUT2D eigenvalue weighted by Crippen LogP contribution is -2.18. The molecule has 0 amide bonds. The fourth-order valence-electron chi connectivity index (χ4n) is 1.23. The molecule has 0 spiro atoms. The third kappa shape index (κ3) is 3.99. The molecule has 0 aromatic heterocycles. The topological polar surface area (TPSA) is 86.5 Å². The first-order valence-corrected chi connectivity index (χ1v) is 7.73. The Labute approximate surface area is 119 Å². The van der Waals surface area contributed by atoms with Gasteiger partial charge < -0.3 is 4.74 Å². The predicted molar refractivity (Wildman–Crippen MR) is 70.6 cm³/mol. The number of carbonyl (C=O) groups excluding carboxylic acids is 1. The van der Waals surface area contributed by atoms with Gasteiger partial charge in [-0.3, -0.25) is 0 Å². The Morgan fingerprint density at radius 1 is 1.53 bits per heavy atom. The van der Waals surface area contributed by atoms with Crippen molar-refractivity contribution in [3.63, 3.8) is 0 Å². The average molecular weight is 354 g/mol. The highest BCUT2D eigenvalue weighted by Gasteiger charge is 2.22. The van der Waals surface area contributed by atoms with Crippen LogP contribution in [-0.4, -0.2) is 20.5 Å². The third-order valence-electron chi connectivity index (χ3n) is 2.43. The molecule has 0 radical (unpaired) electrons. The van der Waals surface area contributed by atoms with E-state index in [0.717, 1.165) is 12.1 Å². The number of carbonyl (C=O) groups is 1. The Balaban J connectivity index is 3.26. The molecule has 5 nitrogen and oxygen atoms in total. The molecule has 1 atom stereocenters. The monoisotopic (exact) mass is 353 g/mol. The number of nitrogens with two attached hydrogens (primary N) is 1. The molecule has 0 saturated heterocycles. The molecule has 19 heavy (non-hydrogen) atoms. The summed E-state index contributed by atoms with van der Waals surface area (Å²) in [7, 11) is -4.06. The SMILES string of the molecule is CCC(C)OC(=O)c1cc(S(N)(=O)=O)c(Br)cc1F. The van der Waals surface area contributed by atoms with Crippen molar-refractivity contribution in [1.29, 1.82) is 0 Å². The highest BCUT2D eigenvalue weighted by molar-refractivity contribution is 9.10. The minimum Gasteiger partial charge on any atom is -0.459 e. The van der Waals surface area contributed by atoms with Gasteiger partial charge in [0.15, 0.2) is 0 Å². The summed E-state index contributed by atoms with van der Waals surface area (Å²) in [6, 6.07) is 1.73. The van der Waals surface area contributed by atoms with Crippen molar-refractivity contribution in [1.82, 2.24) is 0 Å². The number of primary sulfonamides is 1. The Kier molecular flexibility index (Phi) is 5.05. The molecule has 0 aliphatic carbocycles. The highest BCUT2D eigenvalue weighted by atomic mass is 79.9. The summed E-state index contributed by atoms with van der Waals surface area (Å²) in [6.07, 6.45) is 0.167. The van der Waals surface area contributed by atoms with Gasteiger partial charge in [0, 0.05) is 4.47 Å². The number of esters is 1. The largest absolute Gasteiger partial charge is 0.459 e. The molecule has 1 aromatic carbocycles. The molecule has 0 fully saturated rings. The van der Waals surface area contributed by atoms with Crippen molar-refractivity contribution in [2.75, 3.05) is 0 Å². The number of sulfonamides is 1. The second-order valence-corrected chi connectivity index (χ2v) is 6.32. The predicted octanol–water partition coefficient (Wildman–Crippen LogP) is 2.19. The molecule has 0 aliphatic rings. The van der Waals surface area contributed by atoms with Gasteiger partial charge in [0.1, 0.15) is 5.82 Å². The van der Waals surface area contributed by atoms with Crippen molar-refractivity contribution >= 4 is 31.9 Å². The van der Waals surface area contributed by atoms with Gasteiger partial charge in [-0.05, 0) is 41.4 Å². The maximum atomic E-state index is 13.7. The number of hydrogen-bond donors (Lipinski definition) is 1. The van der Waals surface area contributed by atoms with Gasteiger partial charge in [-0.25, -0.2) is 22.7 Å². The molecule has 0 bridgehead atoms. The van der Waals surface area contributed by atoms with Gasteiger partial charge in [0.25, 0.3) is 0 Å². The number of rotatable bonds is 4. The fraction of sp³-hybridized carbons (Fsp3) is 0.364. The zero-order valence-corrected chi connectivity index (χ0v) is 12.7. The normalized spacial score (nSPS) is 13.1. The van der Waals surface area contributed by atoms with Crippen LogP contribution in [0.15, 0.2) is 21.5 Å². The van der Waals surface area contributed by atoms with E-state index < -0.39 is 33.5 Å². The smallest absolute Gasteiger partial charge is 0.341 e. The average Bonchev–Trinajstić information content (AvgIpc) is 2.26. The van der Waals surface area contributed by atoms with Gasteiger partial charge >= 0.3 is 5.97 Å². The fourth-order valence-corrected chi connectivity index (χ4v) is 2.84. The minimum atomic E-state index is -4.06.